The lowest BCUT2D eigenvalue weighted by molar-refractivity contribution is -0.384. The molecule has 2 rings (SSSR count). The summed E-state index contributed by atoms with van der Waals surface area (Å²) in [5.41, 5.74) is 1.07. The zero-order chi connectivity index (χ0) is 16.3. The highest BCUT2D eigenvalue weighted by Gasteiger charge is 2.20. The first kappa shape index (κ1) is 15.8. The van der Waals surface area contributed by atoms with Crippen LogP contribution in [0.15, 0.2) is 36.4 Å². The van der Waals surface area contributed by atoms with Crippen LogP contribution >= 0.6 is 11.6 Å². The van der Waals surface area contributed by atoms with Crippen LogP contribution in [0.3, 0.4) is 0 Å². The molecule has 0 radical (unpaired) electrons. The zero-order valence-electron chi connectivity index (χ0n) is 11.8. The summed E-state index contributed by atoms with van der Waals surface area (Å²) in [5, 5.41) is 11.2. The Bertz CT molecular complexity index is 745. The van der Waals surface area contributed by atoms with Crippen LogP contribution in [-0.2, 0) is 4.74 Å². The fourth-order valence-corrected chi connectivity index (χ4v) is 2.29. The average molecular weight is 322 g/mol. The van der Waals surface area contributed by atoms with Crippen molar-refractivity contribution in [2.75, 3.05) is 14.2 Å². The van der Waals surface area contributed by atoms with E-state index in [-0.39, 0.29) is 17.0 Å². The molecule has 0 spiro atoms. The number of carbonyl (C=O) groups is 1. The van der Waals surface area contributed by atoms with Gasteiger partial charge in [-0.1, -0.05) is 23.7 Å². The molecular formula is C15H12ClNO5. The van der Waals surface area contributed by atoms with Crippen molar-refractivity contribution in [3.63, 3.8) is 0 Å². The van der Waals surface area contributed by atoms with Crippen LogP contribution in [0.2, 0.25) is 5.02 Å². The topological polar surface area (TPSA) is 78.7 Å². The molecule has 0 saturated heterocycles. The molecule has 0 atom stereocenters. The van der Waals surface area contributed by atoms with Crippen LogP contribution in [-0.4, -0.2) is 25.1 Å². The molecule has 0 heterocycles. The lowest BCUT2D eigenvalue weighted by Crippen LogP contribution is -2.05. The van der Waals surface area contributed by atoms with Crippen molar-refractivity contribution in [1.82, 2.24) is 0 Å². The molecule has 0 aliphatic rings. The standard InChI is InChI=1S/C15H12ClNO5/c1-21-14-12(7-10(16)8-13(14)15(18)22-2)9-4-3-5-11(6-9)17(19)20/h3-8H,1-2H3. The van der Waals surface area contributed by atoms with E-state index in [1.807, 2.05) is 0 Å². The van der Waals surface area contributed by atoms with Gasteiger partial charge < -0.3 is 9.47 Å². The van der Waals surface area contributed by atoms with Gasteiger partial charge in [0.2, 0.25) is 0 Å². The lowest BCUT2D eigenvalue weighted by atomic mass is 10.0. The first-order valence-corrected chi connectivity index (χ1v) is 6.56. The molecule has 6 nitrogen and oxygen atoms in total. The van der Waals surface area contributed by atoms with Gasteiger partial charge in [0.25, 0.3) is 5.69 Å². The van der Waals surface area contributed by atoms with E-state index < -0.39 is 10.9 Å². The Hall–Kier alpha value is -2.60. The number of ether oxygens (including phenoxy) is 2. The summed E-state index contributed by atoms with van der Waals surface area (Å²) in [6.07, 6.45) is 0. The highest BCUT2D eigenvalue weighted by Crippen LogP contribution is 2.37. The normalized spacial score (nSPS) is 10.1. The average Bonchev–Trinajstić information content (AvgIpc) is 2.53. The second kappa shape index (κ2) is 6.44. The zero-order valence-corrected chi connectivity index (χ0v) is 12.6. The van der Waals surface area contributed by atoms with Crippen molar-refractivity contribution >= 4 is 23.3 Å². The molecular weight excluding hydrogens is 310 g/mol. The molecule has 2 aromatic carbocycles. The number of nitro benzene ring substituents is 1. The molecule has 2 aromatic rings. The summed E-state index contributed by atoms with van der Waals surface area (Å²) in [7, 11) is 2.65. The smallest absolute Gasteiger partial charge is 0.341 e. The second-order valence-electron chi connectivity index (χ2n) is 4.33. The van der Waals surface area contributed by atoms with Gasteiger partial charge in [-0.2, -0.15) is 0 Å². The van der Waals surface area contributed by atoms with Gasteiger partial charge in [-0.25, -0.2) is 4.79 Å². The van der Waals surface area contributed by atoms with Gasteiger partial charge in [0.1, 0.15) is 11.3 Å². The number of benzene rings is 2. The molecule has 22 heavy (non-hydrogen) atoms. The van der Waals surface area contributed by atoms with Gasteiger partial charge in [-0.3, -0.25) is 10.1 Å². The number of hydrogen-bond acceptors (Lipinski definition) is 5. The van der Waals surface area contributed by atoms with Crippen molar-refractivity contribution < 1.29 is 19.2 Å². The molecule has 114 valence electrons. The van der Waals surface area contributed by atoms with Crippen molar-refractivity contribution in [3.05, 3.63) is 57.1 Å². The fourth-order valence-electron chi connectivity index (χ4n) is 2.08. The predicted octanol–water partition coefficient (Wildman–Crippen LogP) is 3.71. The summed E-state index contributed by atoms with van der Waals surface area (Å²) < 4.78 is 9.98. The van der Waals surface area contributed by atoms with Crippen molar-refractivity contribution in [3.8, 4) is 16.9 Å². The summed E-state index contributed by atoms with van der Waals surface area (Å²) in [6, 6.07) is 8.98. The molecule has 0 fully saturated rings. The van der Waals surface area contributed by atoms with E-state index in [4.69, 9.17) is 21.1 Å². The summed E-state index contributed by atoms with van der Waals surface area (Å²) in [4.78, 5) is 22.2. The minimum Gasteiger partial charge on any atom is -0.495 e. The number of non-ortho nitro benzene ring substituents is 1. The summed E-state index contributed by atoms with van der Waals surface area (Å²) in [5.74, 6) is -0.359. The molecule has 0 aliphatic heterocycles. The maximum absolute atomic E-state index is 11.8. The third kappa shape index (κ3) is 3.01. The minimum atomic E-state index is -0.606. The first-order chi connectivity index (χ1) is 10.5. The van der Waals surface area contributed by atoms with E-state index in [9.17, 15) is 14.9 Å². The SMILES string of the molecule is COC(=O)c1cc(Cl)cc(-c2cccc([N+](=O)[O-])c2)c1OC. The lowest BCUT2D eigenvalue weighted by Gasteiger charge is -2.13. The minimum absolute atomic E-state index is 0.0702. The number of nitro groups is 1. The van der Waals surface area contributed by atoms with Gasteiger partial charge in [0.05, 0.1) is 19.1 Å². The Morgan fingerprint density at radius 3 is 2.55 bits per heavy atom. The van der Waals surface area contributed by atoms with E-state index in [0.29, 0.717) is 16.1 Å². The molecule has 7 heteroatoms. The Morgan fingerprint density at radius 1 is 1.23 bits per heavy atom. The van der Waals surface area contributed by atoms with Crippen LogP contribution in [0.25, 0.3) is 11.1 Å². The number of halogens is 1. The van der Waals surface area contributed by atoms with Crippen molar-refractivity contribution in [1.29, 1.82) is 0 Å². The van der Waals surface area contributed by atoms with Gasteiger partial charge in [0.15, 0.2) is 0 Å². The van der Waals surface area contributed by atoms with Crippen molar-refractivity contribution in [2.24, 2.45) is 0 Å². The maximum atomic E-state index is 11.8. The van der Waals surface area contributed by atoms with Crippen LogP contribution in [0.5, 0.6) is 5.75 Å². The predicted molar refractivity (Wildman–Crippen MR) is 81.4 cm³/mol. The summed E-state index contributed by atoms with van der Waals surface area (Å²) >= 11 is 6.04. The Morgan fingerprint density at radius 2 is 1.95 bits per heavy atom. The largest absolute Gasteiger partial charge is 0.495 e. The Balaban J connectivity index is 2.69. The monoisotopic (exact) mass is 321 g/mol. The van der Waals surface area contributed by atoms with Crippen LogP contribution in [0.1, 0.15) is 10.4 Å². The number of rotatable bonds is 4. The third-order valence-electron chi connectivity index (χ3n) is 3.03. The number of hydrogen-bond donors (Lipinski definition) is 0. The van der Waals surface area contributed by atoms with Gasteiger partial charge in [-0.05, 0) is 17.7 Å². The number of nitrogens with zero attached hydrogens (tertiary/aromatic N) is 1. The van der Waals surface area contributed by atoms with E-state index >= 15 is 0 Å². The number of esters is 1. The molecule has 0 aromatic heterocycles. The number of methoxy groups -OCH3 is 2. The highest BCUT2D eigenvalue weighted by molar-refractivity contribution is 6.31. The van der Waals surface area contributed by atoms with Crippen LogP contribution in [0.4, 0.5) is 5.69 Å². The molecule has 0 N–H and O–H groups in total. The molecule has 0 unspecified atom stereocenters. The van der Waals surface area contributed by atoms with Gasteiger partial charge in [0, 0.05) is 22.7 Å². The van der Waals surface area contributed by atoms with E-state index in [0.717, 1.165) is 0 Å². The maximum Gasteiger partial charge on any atom is 0.341 e. The Labute approximate surface area is 131 Å². The van der Waals surface area contributed by atoms with Crippen molar-refractivity contribution in [2.45, 2.75) is 0 Å². The summed E-state index contributed by atoms with van der Waals surface area (Å²) in [6.45, 7) is 0. The second-order valence-corrected chi connectivity index (χ2v) is 4.77. The Kier molecular flexibility index (Phi) is 4.62. The third-order valence-corrected chi connectivity index (χ3v) is 3.25. The van der Waals surface area contributed by atoms with E-state index in [1.165, 1.54) is 32.4 Å². The van der Waals surface area contributed by atoms with Crippen LogP contribution in [0, 0.1) is 10.1 Å². The molecule has 0 saturated carbocycles. The van der Waals surface area contributed by atoms with Gasteiger partial charge in [-0.15, -0.1) is 0 Å². The van der Waals surface area contributed by atoms with E-state index in [2.05, 4.69) is 0 Å². The van der Waals surface area contributed by atoms with E-state index in [1.54, 1.807) is 18.2 Å². The van der Waals surface area contributed by atoms with Gasteiger partial charge >= 0.3 is 5.97 Å². The quantitative estimate of drug-likeness (QED) is 0.487. The molecule has 0 aliphatic carbocycles. The van der Waals surface area contributed by atoms with Crippen LogP contribution < -0.4 is 4.74 Å². The fraction of sp³-hybridized carbons (Fsp3) is 0.133. The molecule has 0 bridgehead atoms. The first-order valence-electron chi connectivity index (χ1n) is 6.18. The number of carbonyl (C=O) groups excluding carboxylic acids is 1. The molecule has 0 amide bonds. The highest BCUT2D eigenvalue weighted by atomic mass is 35.5.